The van der Waals surface area contributed by atoms with Crippen LogP contribution in [0.2, 0.25) is 0 Å². The van der Waals surface area contributed by atoms with Crippen molar-refractivity contribution in [1.29, 1.82) is 0 Å². The third kappa shape index (κ3) is 4.24. The summed E-state index contributed by atoms with van der Waals surface area (Å²) < 4.78 is 7.56. The van der Waals surface area contributed by atoms with Crippen LogP contribution in [-0.4, -0.2) is 21.7 Å². The Morgan fingerprint density at radius 3 is 2.96 bits per heavy atom. The third-order valence-electron chi connectivity index (χ3n) is 3.91. The Balaban J connectivity index is 1.62. The molecule has 6 nitrogen and oxygen atoms in total. The van der Waals surface area contributed by atoms with E-state index < -0.39 is 0 Å². The van der Waals surface area contributed by atoms with Crippen molar-refractivity contribution >= 4 is 23.5 Å². The molecule has 0 radical (unpaired) electrons. The summed E-state index contributed by atoms with van der Waals surface area (Å²) in [5, 5.41) is 6.91. The molecule has 0 aliphatic heterocycles. The molecular weight excluding hydrogens is 336 g/mol. The van der Waals surface area contributed by atoms with Crippen LogP contribution in [0.25, 0.3) is 0 Å². The number of carbonyl (C=O) groups excluding carboxylic acids is 1. The maximum absolute atomic E-state index is 11.9. The molecular formula is C18H20N4O2S. The van der Waals surface area contributed by atoms with Gasteiger partial charge >= 0.3 is 0 Å². The number of aryl methyl sites for hydroxylation is 2. The van der Waals surface area contributed by atoms with E-state index in [4.69, 9.17) is 4.42 Å². The first-order chi connectivity index (χ1) is 12.0. The molecule has 0 fully saturated rings. The number of nitrogens with zero attached hydrogens (tertiary/aromatic N) is 3. The first-order valence-corrected chi connectivity index (χ1v) is 8.83. The van der Waals surface area contributed by atoms with Crippen LogP contribution in [0.1, 0.15) is 33.4 Å². The molecule has 0 spiro atoms. The van der Waals surface area contributed by atoms with Crippen LogP contribution in [0.15, 0.2) is 39.4 Å². The van der Waals surface area contributed by atoms with E-state index >= 15 is 0 Å². The van der Waals surface area contributed by atoms with E-state index in [1.165, 1.54) is 11.3 Å². The molecule has 0 saturated heterocycles. The van der Waals surface area contributed by atoms with E-state index in [1.54, 1.807) is 12.5 Å². The molecule has 0 aliphatic rings. The van der Waals surface area contributed by atoms with Crippen LogP contribution < -0.4 is 5.43 Å². The molecule has 3 heterocycles. The highest BCUT2D eigenvalue weighted by atomic mass is 32.1. The molecule has 130 valence electrons. The number of nitrogens with one attached hydrogen (secondary N) is 1. The smallest absolute Gasteiger partial charge is 0.246 e. The van der Waals surface area contributed by atoms with Gasteiger partial charge in [0.2, 0.25) is 5.91 Å². The van der Waals surface area contributed by atoms with Gasteiger partial charge in [-0.15, -0.1) is 11.3 Å². The first kappa shape index (κ1) is 17.2. The van der Waals surface area contributed by atoms with Crippen molar-refractivity contribution < 1.29 is 9.21 Å². The fourth-order valence-corrected chi connectivity index (χ4v) is 3.24. The minimum absolute atomic E-state index is 0.175. The quantitative estimate of drug-likeness (QED) is 0.544. The Bertz CT molecular complexity index is 890. The molecule has 1 amide bonds. The monoisotopic (exact) mass is 356 g/mol. The fraction of sp³-hybridized carbons (Fsp3) is 0.278. The molecule has 0 bridgehead atoms. The maximum atomic E-state index is 11.9. The van der Waals surface area contributed by atoms with Gasteiger partial charge in [0, 0.05) is 22.3 Å². The summed E-state index contributed by atoms with van der Waals surface area (Å²) in [7, 11) is 0. The van der Waals surface area contributed by atoms with Gasteiger partial charge in [0.25, 0.3) is 0 Å². The van der Waals surface area contributed by atoms with Gasteiger partial charge in [-0.3, -0.25) is 4.79 Å². The summed E-state index contributed by atoms with van der Waals surface area (Å²) in [6.45, 7) is 6.66. The van der Waals surface area contributed by atoms with Gasteiger partial charge in [0.15, 0.2) is 0 Å². The Morgan fingerprint density at radius 2 is 2.28 bits per heavy atom. The van der Waals surface area contributed by atoms with Crippen LogP contribution in [0.3, 0.4) is 0 Å². The van der Waals surface area contributed by atoms with Crippen molar-refractivity contribution in [2.75, 3.05) is 0 Å². The van der Waals surface area contributed by atoms with Gasteiger partial charge in [-0.1, -0.05) is 0 Å². The number of amides is 1. The van der Waals surface area contributed by atoms with Crippen LogP contribution >= 0.6 is 11.3 Å². The molecule has 1 N–H and O–H groups in total. The zero-order valence-corrected chi connectivity index (χ0v) is 15.3. The molecule has 0 aliphatic carbocycles. The minimum atomic E-state index is -0.175. The lowest BCUT2D eigenvalue weighted by molar-refractivity contribution is -0.120. The number of hydrogen-bond acceptors (Lipinski definition) is 5. The highest BCUT2D eigenvalue weighted by Crippen LogP contribution is 2.16. The van der Waals surface area contributed by atoms with Crippen molar-refractivity contribution in [1.82, 2.24) is 15.0 Å². The Morgan fingerprint density at radius 1 is 1.44 bits per heavy atom. The molecule has 0 saturated carbocycles. The summed E-state index contributed by atoms with van der Waals surface area (Å²) in [4.78, 5) is 16.2. The number of thiazole rings is 1. The highest BCUT2D eigenvalue weighted by molar-refractivity contribution is 7.09. The van der Waals surface area contributed by atoms with Crippen molar-refractivity contribution in [3.8, 4) is 0 Å². The molecule has 3 aromatic heterocycles. The number of hydrogen-bond donors (Lipinski definition) is 1. The number of carbonyl (C=O) groups is 1. The predicted molar refractivity (Wildman–Crippen MR) is 98.0 cm³/mol. The maximum Gasteiger partial charge on any atom is 0.246 e. The van der Waals surface area contributed by atoms with E-state index in [0.29, 0.717) is 6.54 Å². The van der Waals surface area contributed by atoms with Crippen molar-refractivity contribution in [3.05, 3.63) is 63.3 Å². The van der Waals surface area contributed by atoms with Crippen LogP contribution in [0.5, 0.6) is 0 Å². The van der Waals surface area contributed by atoms with Gasteiger partial charge in [0.05, 0.1) is 36.1 Å². The zero-order valence-electron chi connectivity index (χ0n) is 14.4. The van der Waals surface area contributed by atoms with Crippen LogP contribution in [-0.2, 0) is 17.8 Å². The van der Waals surface area contributed by atoms with E-state index in [9.17, 15) is 4.79 Å². The fourth-order valence-electron chi connectivity index (χ4n) is 2.63. The van der Waals surface area contributed by atoms with Gasteiger partial charge < -0.3 is 8.98 Å². The van der Waals surface area contributed by atoms with E-state index in [-0.39, 0.29) is 12.3 Å². The van der Waals surface area contributed by atoms with Crippen LogP contribution in [0.4, 0.5) is 0 Å². The second kappa shape index (κ2) is 7.48. The van der Waals surface area contributed by atoms with Gasteiger partial charge in [-0.05, 0) is 39.0 Å². The van der Waals surface area contributed by atoms with Gasteiger partial charge in [-0.25, -0.2) is 10.4 Å². The Hall–Kier alpha value is -2.67. The Labute approximate surface area is 150 Å². The minimum Gasteiger partial charge on any atom is -0.467 e. The second-order valence-corrected chi connectivity index (χ2v) is 6.88. The molecule has 3 aromatic rings. The predicted octanol–water partition coefficient (Wildman–Crippen LogP) is 3.20. The van der Waals surface area contributed by atoms with Crippen molar-refractivity contribution in [3.63, 3.8) is 0 Å². The SMILES string of the molecule is Cc1nc(CC(=O)N/N=C\c2cc(C)n(Cc3ccco3)c2C)cs1. The lowest BCUT2D eigenvalue weighted by Gasteiger charge is -2.07. The lowest BCUT2D eigenvalue weighted by Crippen LogP contribution is -2.20. The summed E-state index contributed by atoms with van der Waals surface area (Å²) >= 11 is 1.53. The van der Waals surface area contributed by atoms with E-state index in [0.717, 1.165) is 33.4 Å². The second-order valence-electron chi connectivity index (χ2n) is 5.82. The van der Waals surface area contributed by atoms with Gasteiger partial charge in [-0.2, -0.15) is 5.10 Å². The molecule has 25 heavy (non-hydrogen) atoms. The zero-order chi connectivity index (χ0) is 17.8. The molecule has 0 atom stereocenters. The summed E-state index contributed by atoms with van der Waals surface area (Å²) in [6, 6.07) is 5.87. The summed E-state index contributed by atoms with van der Waals surface area (Å²) in [5.41, 5.74) is 6.48. The molecule has 0 aromatic carbocycles. The van der Waals surface area contributed by atoms with E-state index in [2.05, 4.69) is 20.1 Å². The van der Waals surface area contributed by atoms with Crippen molar-refractivity contribution in [2.45, 2.75) is 33.7 Å². The summed E-state index contributed by atoms with van der Waals surface area (Å²) in [5.74, 6) is 0.725. The third-order valence-corrected chi connectivity index (χ3v) is 4.73. The topological polar surface area (TPSA) is 72.4 Å². The number of aromatic nitrogens is 2. The summed E-state index contributed by atoms with van der Waals surface area (Å²) in [6.07, 6.45) is 3.58. The van der Waals surface area contributed by atoms with E-state index in [1.807, 2.05) is 44.4 Å². The normalized spacial score (nSPS) is 11.3. The first-order valence-electron chi connectivity index (χ1n) is 7.95. The largest absolute Gasteiger partial charge is 0.467 e. The molecule has 0 unspecified atom stereocenters. The number of furan rings is 1. The highest BCUT2D eigenvalue weighted by Gasteiger charge is 2.10. The Kier molecular flexibility index (Phi) is 5.14. The average Bonchev–Trinajstić information content (AvgIpc) is 3.27. The molecule has 3 rings (SSSR count). The molecule has 7 heteroatoms. The lowest BCUT2D eigenvalue weighted by atomic mass is 10.3. The van der Waals surface area contributed by atoms with Crippen LogP contribution in [0, 0.1) is 20.8 Å². The number of rotatable bonds is 6. The standard InChI is InChI=1S/C18H20N4O2S/c1-12-7-15(13(2)22(12)10-17-5-4-6-24-17)9-19-21-18(23)8-16-11-25-14(3)20-16/h4-7,9,11H,8,10H2,1-3H3,(H,21,23)/b19-9-. The van der Waals surface area contributed by atoms with Gasteiger partial charge in [0.1, 0.15) is 5.76 Å². The number of hydrazone groups is 1. The average molecular weight is 356 g/mol. The van der Waals surface area contributed by atoms with Crippen molar-refractivity contribution in [2.24, 2.45) is 5.10 Å².